The highest BCUT2D eigenvalue weighted by atomic mass is 127. The van der Waals surface area contributed by atoms with Crippen LogP contribution in [0.3, 0.4) is 0 Å². The minimum Gasteiger partial charge on any atom is -0.330 e. The third kappa shape index (κ3) is 2.37. The third-order valence-corrected chi connectivity index (χ3v) is 3.20. The van der Waals surface area contributed by atoms with Crippen LogP contribution in [0.2, 0.25) is 0 Å². The lowest BCUT2D eigenvalue weighted by Gasteiger charge is -2.26. The molecule has 0 radical (unpaired) electrons. The van der Waals surface area contributed by atoms with E-state index >= 15 is 0 Å². The van der Waals surface area contributed by atoms with E-state index < -0.39 is 0 Å². The molecule has 56 valence electrons. The van der Waals surface area contributed by atoms with Crippen molar-refractivity contribution < 1.29 is 0 Å². The Bertz CT molecular complexity index is 55.1. The minimum atomic E-state index is -0.0133. The largest absolute Gasteiger partial charge is 0.330 e. The van der Waals surface area contributed by atoms with Crippen LogP contribution >= 0.6 is 22.6 Å². The fourth-order valence-corrected chi connectivity index (χ4v) is 1.35. The minimum absolute atomic E-state index is 0.0133. The summed E-state index contributed by atoms with van der Waals surface area (Å²) in [5, 5.41) is 0. The summed E-state index contributed by atoms with van der Waals surface area (Å²) in [4.78, 5) is 0. The number of rotatable bonds is 4. The van der Waals surface area contributed by atoms with Crippen molar-refractivity contribution in [1.29, 1.82) is 0 Å². The van der Waals surface area contributed by atoms with Crippen molar-refractivity contribution in [3.8, 4) is 0 Å². The Labute approximate surface area is 69.5 Å². The van der Waals surface area contributed by atoms with Crippen molar-refractivity contribution in [3.63, 3.8) is 0 Å². The number of alkyl halides is 1. The van der Waals surface area contributed by atoms with E-state index in [9.17, 15) is 0 Å². The Morgan fingerprint density at radius 2 is 1.33 bits per heavy atom. The molecule has 0 heterocycles. The first-order chi connectivity index (χ1) is 4.24. The maximum absolute atomic E-state index is 5.47. The van der Waals surface area contributed by atoms with E-state index in [-0.39, 0.29) is 5.41 Å². The first-order valence-corrected chi connectivity index (χ1v) is 4.43. The molecule has 9 heavy (non-hydrogen) atoms. The second-order valence-corrected chi connectivity index (χ2v) is 3.01. The van der Waals surface area contributed by atoms with E-state index in [1.165, 1.54) is 0 Å². The zero-order chi connectivity index (χ0) is 7.33. The van der Waals surface area contributed by atoms with Crippen LogP contribution < -0.4 is 17.2 Å². The molecule has 0 aliphatic rings. The molecular weight excluding hydrogens is 229 g/mol. The fraction of sp³-hybridized carbons (Fsp3) is 1.00. The highest BCUT2D eigenvalue weighted by Gasteiger charge is 2.22. The summed E-state index contributed by atoms with van der Waals surface area (Å²) in [5.41, 5.74) is 16.4. The predicted octanol–water partition coefficient (Wildman–Crippen LogP) is -0.716. The monoisotopic (exact) mass is 243 g/mol. The van der Waals surface area contributed by atoms with Gasteiger partial charge in [-0.05, 0) is 0 Å². The van der Waals surface area contributed by atoms with Crippen molar-refractivity contribution in [2.45, 2.75) is 0 Å². The van der Waals surface area contributed by atoms with Crippen LogP contribution in [0.4, 0.5) is 0 Å². The molecular formula is C5H14IN3. The van der Waals surface area contributed by atoms with Gasteiger partial charge in [0.05, 0.1) is 0 Å². The van der Waals surface area contributed by atoms with Gasteiger partial charge in [0.1, 0.15) is 0 Å². The molecule has 3 nitrogen and oxygen atoms in total. The zero-order valence-corrected chi connectivity index (χ0v) is 7.60. The first-order valence-electron chi connectivity index (χ1n) is 2.91. The molecule has 0 aromatic heterocycles. The number of halogens is 1. The molecule has 6 N–H and O–H groups in total. The summed E-state index contributed by atoms with van der Waals surface area (Å²) in [6.07, 6.45) is 0. The molecule has 0 aliphatic carbocycles. The van der Waals surface area contributed by atoms with E-state index in [4.69, 9.17) is 17.2 Å². The third-order valence-electron chi connectivity index (χ3n) is 1.58. The van der Waals surface area contributed by atoms with Crippen molar-refractivity contribution in [2.24, 2.45) is 22.6 Å². The smallest absolute Gasteiger partial charge is 0.0160 e. The van der Waals surface area contributed by atoms with E-state index in [0.29, 0.717) is 19.6 Å². The summed E-state index contributed by atoms with van der Waals surface area (Å²) in [5.74, 6) is 0. The molecule has 0 unspecified atom stereocenters. The van der Waals surface area contributed by atoms with E-state index in [1.807, 2.05) is 0 Å². The molecule has 0 fully saturated rings. The Hall–Kier alpha value is 0.610. The van der Waals surface area contributed by atoms with Crippen LogP contribution in [0.15, 0.2) is 0 Å². The van der Waals surface area contributed by atoms with E-state index in [1.54, 1.807) is 0 Å². The Balaban J connectivity index is 3.82. The Morgan fingerprint density at radius 3 is 1.33 bits per heavy atom. The average Bonchev–Trinajstić information content (AvgIpc) is 1.95. The lowest BCUT2D eigenvalue weighted by atomic mass is 9.91. The van der Waals surface area contributed by atoms with Crippen LogP contribution in [-0.2, 0) is 0 Å². The predicted molar refractivity (Wildman–Crippen MR) is 48.5 cm³/mol. The van der Waals surface area contributed by atoms with Crippen molar-refractivity contribution in [3.05, 3.63) is 0 Å². The molecule has 0 bridgehead atoms. The van der Waals surface area contributed by atoms with Gasteiger partial charge in [-0.1, -0.05) is 22.6 Å². The molecule has 0 saturated carbocycles. The van der Waals surface area contributed by atoms with Crippen molar-refractivity contribution >= 4 is 22.6 Å². The molecule has 0 aromatic carbocycles. The first kappa shape index (κ1) is 9.61. The van der Waals surface area contributed by atoms with Crippen molar-refractivity contribution in [2.75, 3.05) is 24.1 Å². The van der Waals surface area contributed by atoms with Crippen LogP contribution in [0, 0.1) is 5.41 Å². The Morgan fingerprint density at radius 1 is 1.00 bits per heavy atom. The van der Waals surface area contributed by atoms with Crippen molar-refractivity contribution in [1.82, 2.24) is 0 Å². The second-order valence-electron chi connectivity index (χ2n) is 2.25. The standard InChI is InChI=1S/C5H14IN3/c6-1-5(2-7,3-8)4-9/h1-4,7-9H2. The number of hydrogen-bond donors (Lipinski definition) is 3. The molecule has 4 heteroatoms. The van der Waals surface area contributed by atoms with Gasteiger partial charge >= 0.3 is 0 Å². The van der Waals surface area contributed by atoms with Crippen LogP contribution in [-0.4, -0.2) is 24.1 Å². The lowest BCUT2D eigenvalue weighted by Crippen LogP contribution is -2.45. The lowest BCUT2D eigenvalue weighted by molar-refractivity contribution is 0.377. The summed E-state index contributed by atoms with van der Waals surface area (Å²) in [6, 6.07) is 0. The molecule has 0 aliphatic heterocycles. The van der Waals surface area contributed by atoms with Crippen LogP contribution in [0.1, 0.15) is 0 Å². The van der Waals surface area contributed by atoms with Gasteiger partial charge in [-0.15, -0.1) is 0 Å². The average molecular weight is 243 g/mol. The van der Waals surface area contributed by atoms with Gasteiger partial charge in [0.25, 0.3) is 0 Å². The van der Waals surface area contributed by atoms with Gasteiger partial charge in [0.2, 0.25) is 0 Å². The van der Waals surface area contributed by atoms with Crippen LogP contribution in [0.5, 0.6) is 0 Å². The second kappa shape index (κ2) is 4.43. The molecule has 0 atom stereocenters. The van der Waals surface area contributed by atoms with Crippen LogP contribution in [0.25, 0.3) is 0 Å². The highest BCUT2D eigenvalue weighted by Crippen LogP contribution is 2.14. The zero-order valence-electron chi connectivity index (χ0n) is 5.44. The van der Waals surface area contributed by atoms with Gasteiger partial charge in [-0.25, -0.2) is 0 Å². The van der Waals surface area contributed by atoms with Gasteiger partial charge in [-0.2, -0.15) is 0 Å². The highest BCUT2D eigenvalue weighted by molar-refractivity contribution is 14.1. The summed E-state index contributed by atoms with van der Waals surface area (Å²) in [6.45, 7) is 1.76. The summed E-state index contributed by atoms with van der Waals surface area (Å²) >= 11 is 2.26. The van der Waals surface area contributed by atoms with E-state index in [2.05, 4.69) is 22.6 Å². The normalized spacial score (nSPS) is 12.0. The SMILES string of the molecule is NCC(CN)(CN)CI. The van der Waals surface area contributed by atoms with Gasteiger partial charge in [0, 0.05) is 29.5 Å². The number of nitrogens with two attached hydrogens (primary N) is 3. The van der Waals surface area contributed by atoms with E-state index in [0.717, 1.165) is 4.43 Å². The van der Waals surface area contributed by atoms with Gasteiger partial charge in [0.15, 0.2) is 0 Å². The molecule has 0 spiro atoms. The maximum atomic E-state index is 5.47. The summed E-state index contributed by atoms with van der Waals surface area (Å²) in [7, 11) is 0. The Kier molecular flexibility index (Phi) is 4.73. The van der Waals surface area contributed by atoms with Gasteiger partial charge < -0.3 is 17.2 Å². The topological polar surface area (TPSA) is 78.1 Å². The molecule has 0 saturated heterocycles. The maximum Gasteiger partial charge on any atom is 0.0160 e. The summed E-state index contributed by atoms with van der Waals surface area (Å²) < 4.78 is 0.939. The fourth-order valence-electron chi connectivity index (χ4n) is 0.414. The number of hydrogen-bond acceptors (Lipinski definition) is 3. The molecule has 0 amide bonds. The molecule has 0 rings (SSSR count). The molecule has 0 aromatic rings. The quantitative estimate of drug-likeness (QED) is 0.450. The van der Waals surface area contributed by atoms with Gasteiger partial charge in [-0.3, -0.25) is 0 Å².